The van der Waals surface area contributed by atoms with Gasteiger partial charge < -0.3 is 10.2 Å². The van der Waals surface area contributed by atoms with E-state index in [1.807, 2.05) is 11.8 Å². The number of benzene rings is 1. The van der Waals surface area contributed by atoms with Crippen molar-refractivity contribution in [3.05, 3.63) is 35.9 Å². The van der Waals surface area contributed by atoms with E-state index >= 15 is 0 Å². The van der Waals surface area contributed by atoms with E-state index in [1.54, 1.807) is 0 Å². The Hall–Kier alpha value is -1.00. The van der Waals surface area contributed by atoms with Gasteiger partial charge in [-0.15, -0.1) is 0 Å². The van der Waals surface area contributed by atoms with Crippen LogP contribution in [-0.4, -0.2) is 42.0 Å². The van der Waals surface area contributed by atoms with Crippen molar-refractivity contribution in [1.29, 1.82) is 0 Å². The fourth-order valence-corrected chi connectivity index (χ4v) is 3.87. The first-order valence-electron chi connectivity index (χ1n) is 7.50. The molecule has 3 nitrogen and oxygen atoms in total. The molecule has 1 aromatic rings. The standard InChI is InChI=1S/C16H23N3S/c1-16(14-7-3-2-4-8-14)13-17-15(18-16)20-12-11-19-9-5-6-10-19/h2-4,7-8H,5-6,9-13H2,1H3,(H,17,18). The van der Waals surface area contributed by atoms with Gasteiger partial charge in [0.1, 0.15) is 0 Å². The molecule has 2 aliphatic rings. The number of hydrogen-bond donors (Lipinski definition) is 1. The molecule has 1 unspecified atom stereocenters. The Labute approximate surface area is 125 Å². The second-order valence-electron chi connectivity index (χ2n) is 5.84. The number of thioether (sulfide) groups is 1. The van der Waals surface area contributed by atoms with E-state index in [-0.39, 0.29) is 5.54 Å². The Kier molecular flexibility index (Phi) is 4.32. The molecule has 2 heterocycles. The van der Waals surface area contributed by atoms with Gasteiger partial charge in [-0.25, -0.2) is 0 Å². The molecule has 3 rings (SSSR count). The number of nitrogens with one attached hydrogen (secondary N) is 1. The monoisotopic (exact) mass is 289 g/mol. The molecule has 4 heteroatoms. The minimum absolute atomic E-state index is 0.0305. The van der Waals surface area contributed by atoms with Gasteiger partial charge in [-0.3, -0.25) is 4.99 Å². The summed E-state index contributed by atoms with van der Waals surface area (Å²) in [5, 5.41) is 4.71. The summed E-state index contributed by atoms with van der Waals surface area (Å²) in [7, 11) is 0. The quantitative estimate of drug-likeness (QED) is 0.923. The number of amidine groups is 1. The van der Waals surface area contributed by atoms with Crippen molar-refractivity contribution in [3.63, 3.8) is 0 Å². The van der Waals surface area contributed by atoms with Crippen LogP contribution in [0.5, 0.6) is 0 Å². The second kappa shape index (κ2) is 6.19. The van der Waals surface area contributed by atoms with Crippen LogP contribution >= 0.6 is 11.8 Å². The molecule has 20 heavy (non-hydrogen) atoms. The van der Waals surface area contributed by atoms with E-state index < -0.39 is 0 Å². The maximum Gasteiger partial charge on any atom is 0.157 e. The third kappa shape index (κ3) is 3.18. The second-order valence-corrected chi connectivity index (χ2v) is 6.93. The molecule has 1 fully saturated rings. The van der Waals surface area contributed by atoms with Crippen molar-refractivity contribution >= 4 is 16.9 Å². The van der Waals surface area contributed by atoms with E-state index in [1.165, 1.54) is 38.0 Å². The zero-order valence-corrected chi connectivity index (χ0v) is 13.0. The van der Waals surface area contributed by atoms with Gasteiger partial charge >= 0.3 is 0 Å². The van der Waals surface area contributed by atoms with Crippen LogP contribution < -0.4 is 5.32 Å². The van der Waals surface area contributed by atoms with Crippen LogP contribution in [0.15, 0.2) is 35.3 Å². The first-order valence-corrected chi connectivity index (χ1v) is 8.48. The Bertz CT molecular complexity index is 468. The van der Waals surface area contributed by atoms with E-state index in [2.05, 4.69) is 52.5 Å². The molecule has 0 saturated carbocycles. The Morgan fingerprint density at radius 3 is 2.75 bits per heavy atom. The maximum atomic E-state index is 4.68. The average Bonchev–Trinajstić information content (AvgIpc) is 3.11. The summed E-state index contributed by atoms with van der Waals surface area (Å²) in [6.45, 7) is 6.82. The minimum atomic E-state index is -0.0305. The highest BCUT2D eigenvalue weighted by molar-refractivity contribution is 8.13. The summed E-state index contributed by atoms with van der Waals surface area (Å²) >= 11 is 1.87. The minimum Gasteiger partial charge on any atom is -0.354 e. The van der Waals surface area contributed by atoms with Crippen LogP contribution in [0.2, 0.25) is 0 Å². The van der Waals surface area contributed by atoms with Gasteiger partial charge in [-0.1, -0.05) is 42.1 Å². The molecule has 0 aliphatic carbocycles. The molecule has 0 radical (unpaired) electrons. The first kappa shape index (κ1) is 14.0. The molecule has 1 aromatic carbocycles. The average molecular weight is 289 g/mol. The molecule has 1 saturated heterocycles. The molecule has 0 bridgehead atoms. The highest BCUT2D eigenvalue weighted by Gasteiger charge is 2.32. The van der Waals surface area contributed by atoms with Gasteiger partial charge in [0.25, 0.3) is 0 Å². The van der Waals surface area contributed by atoms with Gasteiger partial charge in [0, 0.05) is 12.3 Å². The van der Waals surface area contributed by atoms with Crippen LogP contribution in [-0.2, 0) is 5.54 Å². The number of hydrogen-bond acceptors (Lipinski definition) is 4. The highest BCUT2D eigenvalue weighted by atomic mass is 32.2. The zero-order valence-electron chi connectivity index (χ0n) is 12.1. The van der Waals surface area contributed by atoms with Gasteiger partial charge in [0.15, 0.2) is 5.17 Å². The summed E-state index contributed by atoms with van der Waals surface area (Å²) in [4.78, 5) is 7.23. The van der Waals surface area contributed by atoms with Gasteiger partial charge in [0.05, 0.1) is 12.1 Å². The molecular weight excluding hydrogens is 266 g/mol. The summed E-state index contributed by atoms with van der Waals surface area (Å²) in [5.74, 6) is 1.14. The number of rotatable bonds is 4. The zero-order chi connectivity index (χ0) is 13.8. The lowest BCUT2D eigenvalue weighted by Gasteiger charge is -2.25. The molecule has 0 amide bonds. The summed E-state index contributed by atoms with van der Waals surface area (Å²) < 4.78 is 0. The predicted molar refractivity (Wildman–Crippen MR) is 87.4 cm³/mol. The van der Waals surface area contributed by atoms with Crippen LogP contribution in [0, 0.1) is 0 Å². The van der Waals surface area contributed by atoms with Crippen molar-refractivity contribution in [2.75, 3.05) is 31.9 Å². The van der Waals surface area contributed by atoms with Crippen LogP contribution in [0.4, 0.5) is 0 Å². The molecule has 108 valence electrons. The van der Waals surface area contributed by atoms with E-state index in [4.69, 9.17) is 0 Å². The van der Waals surface area contributed by atoms with Gasteiger partial charge in [-0.05, 0) is 38.4 Å². The molecule has 1 atom stereocenters. The predicted octanol–water partition coefficient (Wildman–Crippen LogP) is 2.69. The smallest absolute Gasteiger partial charge is 0.157 e. The van der Waals surface area contributed by atoms with E-state index in [0.717, 1.165) is 17.5 Å². The van der Waals surface area contributed by atoms with Crippen LogP contribution in [0.1, 0.15) is 25.3 Å². The molecule has 0 aromatic heterocycles. The van der Waals surface area contributed by atoms with Crippen molar-refractivity contribution in [3.8, 4) is 0 Å². The highest BCUT2D eigenvalue weighted by Crippen LogP contribution is 2.27. The lowest BCUT2D eigenvalue weighted by molar-refractivity contribution is 0.362. The Morgan fingerprint density at radius 2 is 2.00 bits per heavy atom. The largest absolute Gasteiger partial charge is 0.354 e. The SMILES string of the molecule is CC1(c2ccccc2)CN=C(SCCN2CCCC2)N1. The fraction of sp³-hybridized carbons (Fsp3) is 0.562. The Morgan fingerprint density at radius 1 is 1.25 bits per heavy atom. The number of nitrogens with zero attached hydrogens (tertiary/aromatic N) is 2. The van der Waals surface area contributed by atoms with Crippen LogP contribution in [0.3, 0.4) is 0 Å². The molecule has 2 aliphatic heterocycles. The molecular formula is C16H23N3S. The number of likely N-dealkylation sites (tertiary alicyclic amines) is 1. The summed E-state index contributed by atoms with van der Waals surface area (Å²) in [6.07, 6.45) is 2.74. The van der Waals surface area contributed by atoms with Crippen molar-refractivity contribution in [2.24, 2.45) is 4.99 Å². The lowest BCUT2D eigenvalue weighted by atomic mass is 9.93. The third-order valence-electron chi connectivity index (χ3n) is 4.18. The van der Waals surface area contributed by atoms with Crippen molar-refractivity contribution in [1.82, 2.24) is 10.2 Å². The van der Waals surface area contributed by atoms with E-state index in [9.17, 15) is 0 Å². The van der Waals surface area contributed by atoms with Crippen LogP contribution in [0.25, 0.3) is 0 Å². The fourth-order valence-electron chi connectivity index (χ4n) is 2.87. The van der Waals surface area contributed by atoms with Gasteiger partial charge in [0.2, 0.25) is 0 Å². The summed E-state index contributed by atoms with van der Waals surface area (Å²) in [5.41, 5.74) is 1.29. The molecule has 1 N–H and O–H groups in total. The van der Waals surface area contributed by atoms with E-state index in [0.29, 0.717) is 0 Å². The summed E-state index contributed by atoms with van der Waals surface area (Å²) in [6, 6.07) is 10.6. The third-order valence-corrected chi connectivity index (χ3v) is 5.07. The van der Waals surface area contributed by atoms with Gasteiger partial charge in [-0.2, -0.15) is 0 Å². The maximum absolute atomic E-state index is 4.68. The normalized spacial score (nSPS) is 26.6. The van der Waals surface area contributed by atoms with Crippen molar-refractivity contribution in [2.45, 2.75) is 25.3 Å². The number of aliphatic imine (C=N–C) groups is 1. The van der Waals surface area contributed by atoms with Crippen molar-refractivity contribution < 1.29 is 0 Å². The topological polar surface area (TPSA) is 27.6 Å². The lowest BCUT2D eigenvalue weighted by Crippen LogP contribution is -2.39. The first-order chi connectivity index (χ1) is 9.76. The Balaban J connectivity index is 1.48. The molecule has 0 spiro atoms.